The minimum Gasteiger partial charge on any atom is -0.364 e. The van der Waals surface area contributed by atoms with E-state index in [-0.39, 0.29) is 12.7 Å². The van der Waals surface area contributed by atoms with Crippen molar-refractivity contribution >= 4 is 0 Å². The molecule has 5 nitrogen and oxygen atoms in total. The average molecular weight is 261 g/mol. The van der Waals surface area contributed by atoms with Gasteiger partial charge in [0, 0.05) is 0 Å². The van der Waals surface area contributed by atoms with Crippen LogP contribution in [0, 0.1) is 0 Å². The molecule has 1 unspecified atom stereocenters. The van der Waals surface area contributed by atoms with E-state index in [2.05, 4.69) is 10.1 Å². The Morgan fingerprint density at radius 3 is 2.58 bits per heavy atom. The number of nitrogens with zero attached hydrogens (tertiary/aromatic N) is 2. The molecule has 0 aliphatic carbocycles. The fourth-order valence-corrected chi connectivity index (χ4v) is 1.59. The summed E-state index contributed by atoms with van der Waals surface area (Å²) >= 11 is 0. The molecule has 19 heavy (non-hydrogen) atoms. The molecule has 5 heteroatoms. The summed E-state index contributed by atoms with van der Waals surface area (Å²) in [6.45, 7) is 5.92. The highest BCUT2D eigenvalue weighted by molar-refractivity contribution is 5.16. The third kappa shape index (κ3) is 3.62. The topological polar surface area (TPSA) is 74.2 Å². The summed E-state index contributed by atoms with van der Waals surface area (Å²) < 4.78 is 10.8. The SMILES string of the molecule is CC(OCc1nc(C(C)(C)N)no1)c1ccccc1. The van der Waals surface area contributed by atoms with E-state index in [4.69, 9.17) is 15.0 Å². The van der Waals surface area contributed by atoms with E-state index >= 15 is 0 Å². The second-order valence-electron chi connectivity index (χ2n) is 5.10. The van der Waals surface area contributed by atoms with E-state index in [1.165, 1.54) is 0 Å². The Balaban J connectivity index is 1.94. The monoisotopic (exact) mass is 261 g/mol. The van der Waals surface area contributed by atoms with Crippen LogP contribution >= 0.6 is 0 Å². The lowest BCUT2D eigenvalue weighted by Crippen LogP contribution is -2.30. The van der Waals surface area contributed by atoms with E-state index in [1.807, 2.05) is 51.1 Å². The zero-order chi connectivity index (χ0) is 13.9. The van der Waals surface area contributed by atoms with Crippen LogP contribution < -0.4 is 5.73 Å². The molecule has 102 valence electrons. The third-order valence-electron chi connectivity index (χ3n) is 2.77. The van der Waals surface area contributed by atoms with Crippen molar-refractivity contribution in [1.82, 2.24) is 10.1 Å². The Bertz CT molecular complexity index is 517. The first-order valence-corrected chi connectivity index (χ1v) is 6.25. The molecule has 0 amide bonds. The van der Waals surface area contributed by atoms with E-state index in [1.54, 1.807) is 0 Å². The minimum atomic E-state index is -0.604. The Kier molecular flexibility index (Phi) is 3.97. The number of hydrogen-bond acceptors (Lipinski definition) is 5. The van der Waals surface area contributed by atoms with Crippen LogP contribution in [-0.4, -0.2) is 10.1 Å². The van der Waals surface area contributed by atoms with Crippen LogP contribution in [-0.2, 0) is 16.9 Å². The number of nitrogens with two attached hydrogens (primary N) is 1. The van der Waals surface area contributed by atoms with Gasteiger partial charge in [-0.25, -0.2) is 0 Å². The molecule has 0 radical (unpaired) electrons. The van der Waals surface area contributed by atoms with Crippen molar-refractivity contribution in [2.24, 2.45) is 5.73 Å². The lowest BCUT2D eigenvalue weighted by Gasteiger charge is -2.12. The number of aromatic nitrogens is 2. The molecule has 1 aromatic carbocycles. The van der Waals surface area contributed by atoms with Gasteiger partial charge >= 0.3 is 0 Å². The summed E-state index contributed by atoms with van der Waals surface area (Å²) in [4.78, 5) is 4.22. The molecule has 2 N–H and O–H groups in total. The maximum Gasteiger partial charge on any atom is 0.252 e. The van der Waals surface area contributed by atoms with Gasteiger partial charge in [-0.05, 0) is 26.3 Å². The van der Waals surface area contributed by atoms with Crippen molar-refractivity contribution in [3.8, 4) is 0 Å². The summed E-state index contributed by atoms with van der Waals surface area (Å²) in [5, 5.41) is 3.85. The van der Waals surface area contributed by atoms with Crippen LogP contribution in [0.5, 0.6) is 0 Å². The maximum atomic E-state index is 5.89. The van der Waals surface area contributed by atoms with Crippen molar-refractivity contribution in [3.63, 3.8) is 0 Å². The largest absolute Gasteiger partial charge is 0.364 e. The Hall–Kier alpha value is -1.72. The first-order chi connectivity index (χ1) is 8.97. The smallest absolute Gasteiger partial charge is 0.252 e. The predicted molar refractivity (Wildman–Crippen MR) is 71.2 cm³/mol. The van der Waals surface area contributed by atoms with Crippen LogP contribution in [0.2, 0.25) is 0 Å². The molecule has 0 aliphatic rings. The van der Waals surface area contributed by atoms with Gasteiger partial charge < -0.3 is 15.0 Å². The van der Waals surface area contributed by atoms with Crippen LogP contribution in [0.25, 0.3) is 0 Å². The highest BCUT2D eigenvalue weighted by Gasteiger charge is 2.21. The van der Waals surface area contributed by atoms with Crippen LogP contribution in [0.3, 0.4) is 0 Å². The van der Waals surface area contributed by atoms with Crippen molar-refractivity contribution in [2.45, 2.75) is 39.0 Å². The fraction of sp³-hybridized carbons (Fsp3) is 0.429. The molecule has 0 fully saturated rings. The summed E-state index contributed by atoms with van der Waals surface area (Å²) in [6, 6.07) is 9.98. The normalized spacial score (nSPS) is 13.5. The van der Waals surface area contributed by atoms with Gasteiger partial charge in [0.25, 0.3) is 5.89 Å². The van der Waals surface area contributed by atoms with Gasteiger partial charge in [-0.3, -0.25) is 0 Å². The van der Waals surface area contributed by atoms with Crippen molar-refractivity contribution < 1.29 is 9.26 Å². The molecular formula is C14H19N3O2. The summed E-state index contributed by atoms with van der Waals surface area (Å²) in [6.07, 6.45) is -0.0255. The standard InChI is InChI=1S/C14H19N3O2/c1-10(11-7-5-4-6-8-11)18-9-12-16-13(17-19-12)14(2,3)15/h4-8,10H,9,15H2,1-3H3. The molecule has 2 rings (SSSR count). The number of ether oxygens (including phenoxy) is 1. The summed E-state index contributed by atoms with van der Waals surface area (Å²) in [5.41, 5.74) is 6.40. The van der Waals surface area contributed by atoms with Crippen molar-refractivity contribution in [3.05, 3.63) is 47.6 Å². The van der Waals surface area contributed by atoms with Crippen LogP contribution in [0.15, 0.2) is 34.9 Å². The lowest BCUT2D eigenvalue weighted by molar-refractivity contribution is 0.0364. The molecule has 0 spiro atoms. The second-order valence-corrected chi connectivity index (χ2v) is 5.10. The zero-order valence-corrected chi connectivity index (χ0v) is 11.5. The van der Waals surface area contributed by atoms with Crippen molar-refractivity contribution in [2.75, 3.05) is 0 Å². The van der Waals surface area contributed by atoms with Crippen molar-refractivity contribution in [1.29, 1.82) is 0 Å². The van der Waals surface area contributed by atoms with E-state index in [0.717, 1.165) is 5.56 Å². The van der Waals surface area contributed by atoms with Gasteiger partial charge in [-0.2, -0.15) is 4.98 Å². The average Bonchev–Trinajstić information content (AvgIpc) is 2.86. The third-order valence-corrected chi connectivity index (χ3v) is 2.77. The highest BCUT2D eigenvalue weighted by atomic mass is 16.5. The lowest BCUT2D eigenvalue weighted by atomic mass is 10.1. The highest BCUT2D eigenvalue weighted by Crippen LogP contribution is 2.18. The van der Waals surface area contributed by atoms with E-state index in [9.17, 15) is 0 Å². The Labute approximate surface area is 112 Å². The van der Waals surface area contributed by atoms with E-state index in [0.29, 0.717) is 11.7 Å². The molecule has 0 saturated heterocycles. The molecular weight excluding hydrogens is 242 g/mol. The molecule has 0 bridgehead atoms. The Morgan fingerprint density at radius 2 is 2.00 bits per heavy atom. The predicted octanol–water partition coefficient (Wildman–Crippen LogP) is 2.54. The second kappa shape index (κ2) is 5.50. The van der Waals surface area contributed by atoms with Gasteiger partial charge in [0.1, 0.15) is 6.61 Å². The van der Waals surface area contributed by atoms with Gasteiger partial charge in [0.15, 0.2) is 5.82 Å². The molecule has 1 heterocycles. The molecule has 0 aliphatic heterocycles. The summed E-state index contributed by atoms with van der Waals surface area (Å²) in [7, 11) is 0. The van der Waals surface area contributed by atoms with Gasteiger partial charge in [0.05, 0.1) is 11.6 Å². The minimum absolute atomic E-state index is 0.0255. The zero-order valence-electron chi connectivity index (χ0n) is 11.5. The first-order valence-electron chi connectivity index (χ1n) is 6.25. The number of hydrogen-bond donors (Lipinski definition) is 1. The fourth-order valence-electron chi connectivity index (χ4n) is 1.59. The quantitative estimate of drug-likeness (QED) is 0.895. The van der Waals surface area contributed by atoms with Gasteiger partial charge in [-0.15, -0.1) is 0 Å². The number of benzene rings is 1. The molecule has 0 saturated carbocycles. The Morgan fingerprint density at radius 1 is 1.32 bits per heavy atom. The maximum absolute atomic E-state index is 5.89. The van der Waals surface area contributed by atoms with Crippen LogP contribution in [0.4, 0.5) is 0 Å². The number of rotatable bonds is 5. The summed E-state index contributed by atoms with van der Waals surface area (Å²) in [5.74, 6) is 0.926. The van der Waals surface area contributed by atoms with Gasteiger partial charge in [0.2, 0.25) is 0 Å². The first kappa shape index (κ1) is 13.7. The van der Waals surface area contributed by atoms with Gasteiger partial charge in [-0.1, -0.05) is 35.5 Å². The molecule has 2 aromatic rings. The van der Waals surface area contributed by atoms with E-state index < -0.39 is 5.54 Å². The molecule has 1 atom stereocenters. The molecule has 1 aromatic heterocycles. The van der Waals surface area contributed by atoms with Crippen LogP contribution in [0.1, 0.15) is 44.2 Å².